The average Bonchev–Trinajstić information content (AvgIpc) is 2.49. The number of rotatable bonds is 2. The molecule has 3 heteroatoms. The topological polar surface area (TPSA) is 29.5 Å². The van der Waals surface area contributed by atoms with Crippen LogP contribution in [0.5, 0.6) is 0 Å². The van der Waals surface area contributed by atoms with Crippen LogP contribution in [0.2, 0.25) is 0 Å². The monoisotopic (exact) mass is 265 g/mol. The van der Waals surface area contributed by atoms with Gasteiger partial charge in [-0.1, -0.05) is 12.8 Å². The second-order valence-electron chi connectivity index (χ2n) is 6.46. The molecule has 2 heterocycles. The van der Waals surface area contributed by atoms with Crippen molar-refractivity contribution in [1.29, 1.82) is 0 Å². The van der Waals surface area contributed by atoms with E-state index in [4.69, 9.17) is 4.74 Å². The number of likely N-dealkylation sites (tertiary alicyclic amines) is 1. The van der Waals surface area contributed by atoms with Gasteiger partial charge in [-0.3, -0.25) is 9.69 Å². The molecular weight excluding hydrogens is 238 g/mol. The summed E-state index contributed by atoms with van der Waals surface area (Å²) in [6.07, 6.45) is 10.6. The maximum Gasteiger partial charge on any atom is 0.137 e. The Morgan fingerprint density at radius 3 is 2.53 bits per heavy atom. The van der Waals surface area contributed by atoms with Gasteiger partial charge in [0.2, 0.25) is 0 Å². The molecule has 2 aliphatic heterocycles. The Bertz CT molecular complexity index is 312. The molecule has 0 aromatic heterocycles. The molecule has 0 radical (unpaired) electrons. The third-order valence-electron chi connectivity index (χ3n) is 5.32. The van der Waals surface area contributed by atoms with Gasteiger partial charge in [-0.2, -0.15) is 0 Å². The van der Waals surface area contributed by atoms with Crippen molar-refractivity contribution in [1.82, 2.24) is 4.90 Å². The highest BCUT2D eigenvalue weighted by molar-refractivity contribution is 5.82. The number of hydrogen-bond acceptors (Lipinski definition) is 3. The van der Waals surface area contributed by atoms with Gasteiger partial charge < -0.3 is 4.74 Å². The molecule has 3 fully saturated rings. The number of piperidine rings is 1. The molecule has 2 saturated heterocycles. The van der Waals surface area contributed by atoms with E-state index in [0.717, 1.165) is 45.3 Å². The maximum atomic E-state index is 12.3. The highest BCUT2D eigenvalue weighted by atomic mass is 16.5. The lowest BCUT2D eigenvalue weighted by molar-refractivity contribution is -0.128. The van der Waals surface area contributed by atoms with Gasteiger partial charge in [-0.25, -0.2) is 0 Å². The van der Waals surface area contributed by atoms with Gasteiger partial charge in [0.1, 0.15) is 5.78 Å². The number of ether oxygens (including phenoxy) is 1. The lowest BCUT2D eigenvalue weighted by Gasteiger charge is -2.46. The van der Waals surface area contributed by atoms with E-state index in [0.29, 0.717) is 23.8 Å². The Kier molecular flexibility index (Phi) is 4.54. The second-order valence-corrected chi connectivity index (χ2v) is 6.46. The summed E-state index contributed by atoms with van der Waals surface area (Å²) >= 11 is 0. The fourth-order valence-corrected chi connectivity index (χ4v) is 4.30. The smallest absolute Gasteiger partial charge is 0.137 e. The standard InChI is InChI=1S/C16H27NO2/c18-16-7-2-1-5-14(16)15-6-3-4-10-17(15)13-8-11-19-12-9-13/h13-15H,1-12H2. The van der Waals surface area contributed by atoms with Gasteiger partial charge in [0, 0.05) is 37.6 Å². The SMILES string of the molecule is O=C1CCCCC1C1CCCCN1C1CCOCC1. The van der Waals surface area contributed by atoms with Crippen LogP contribution in [0.1, 0.15) is 57.8 Å². The molecule has 1 aliphatic carbocycles. The van der Waals surface area contributed by atoms with Crippen molar-refractivity contribution < 1.29 is 9.53 Å². The first-order valence-corrected chi connectivity index (χ1v) is 8.22. The first-order chi connectivity index (χ1) is 9.36. The molecule has 0 aromatic rings. The Morgan fingerprint density at radius 1 is 0.947 bits per heavy atom. The summed E-state index contributed by atoms with van der Waals surface area (Å²) in [5.41, 5.74) is 0. The van der Waals surface area contributed by atoms with Crippen molar-refractivity contribution in [2.45, 2.75) is 69.9 Å². The van der Waals surface area contributed by atoms with Crippen molar-refractivity contribution in [3.8, 4) is 0 Å². The number of carbonyl (C=O) groups excluding carboxylic acids is 1. The Hall–Kier alpha value is -0.410. The van der Waals surface area contributed by atoms with Crippen molar-refractivity contribution in [2.24, 2.45) is 5.92 Å². The Balaban J connectivity index is 1.70. The van der Waals surface area contributed by atoms with E-state index in [2.05, 4.69) is 4.90 Å². The second kappa shape index (κ2) is 6.36. The summed E-state index contributed by atoms with van der Waals surface area (Å²) in [6, 6.07) is 1.22. The predicted molar refractivity (Wildman–Crippen MR) is 75.2 cm³/mol. The zero-order chi connectivity index (χ0) is 13.1. The Morgan fingerprint density at radius 2 is 1.74 bits per heavy atom. The fraction of sp³-hybridized carbons (Fsp3) is 0.938. The maximum absolute atomic E-state index is 12.3. The van der Waals surface area contributed by atoms with E-state index in [9.17, 15) is 4.79 Å². The van der Waals surface area contributed by atoms with E-state index in [1.807, 2.05) is 0 Å². The van der Waals surface area contributed by atoms with Gasteiger partial charge in [-0.15, -0.1) is 0 Å². The van der Waals surface area contributed by atoms with Gasteiger partial charge in [-0.05, 0) is 45.1 Å². The van der Waals surface area contributed by atoms with Crippen LogP contribution in [-0.2, 0) is 9.53 Å². The summed E-state index contributed by atoms with van der Waals surface area (Å²) in [5, 5.41) is 0. The minimum Gasteiger partial charge on any atom is -0.381 e. The Labute approximate surface area is 116 Å². The molecule has 3 aliphatic rings. The number of hydrogen-bond donors (Lipinski definition) is 0. The zero-order valence-electron chi connectivity index (χ0n) is 12.0. The van der Waals surface area contributed by atoms with Gasteiger partial charge in [0.05, 0.1) is 0 Å². The molecule has 2 atom stereocenters. The van der Waals surface area contributed by atoms with Crippen LogP contribution in [0.15, 0.2) is 0 Å². The first-order valence-electron chi connectivity index (χ1n) is 8.22. The molecule has 19 heavy (non-hydrogen) atoms. The fourth-order valence-electron chi connectivity index (χ4n) is 4.30. The first kappa shape index (κ1) is 13.6. The van der Waals surface area contributed by atoms with Crippen LogP contribution in [0.3, 0.4) is 0 Å². The number of Topliss-reactive ketones (excluding diaryl/α,β-unsaturated/α-hetero) is 1. The van der Waals surface area contributed by atoms with Gasteiger partial charge in [0.25, 0.3) is 0 Å². The molecule has 3 rings (SSSR count). The molecule has 0 aromatic carbocycles. The van der Waals surface area contributed by atoms with Crippen molar-refractivity contribution in [2.75, 3.05) is 19.8 Å². The van der Waals surface area contributed by atoms with E-state index >= 15 is 0 Å². The van der Waals surface area contributed by atoms with E-state index < -0.39 is 0 Å². The van der Waals surface area contributed by atoms with Crippen LogP contribution in [-0.4, -0.2) is 42.5 Å². The number of nitrogens with zero attached hydrogens (tertiary/aromatic N) is 1. The highest BCUT2D eigenvalue weighted by Crippen LogP contribution is 2.34. The molecule has 0 N–H and O–H groups in total. The van der Waals surface area contributed by atoms with Crippen molar-refractivity contribution >= 4 is 5.78 Å². The van der Waals surface area contributed by atoms with Crippen LogP contribution >= 0.6 is 0 Å². The van der Waals surface area contributed by atoms with E-state index in [1.165, 1.54) is 32.2 Å². The van der Waals surface area contributed by atoms with Gasteiger partial charge >= 0.3 is 0 Å². The van der Waals surface area contributed by atoms with Crippen molar-refractivity contribution in [3.05, 3.63) is 0 Å². The molecule has 3 nitrogen and oxygen atoms in total. The quantitative estimate of drug-likeness (QED) is 0.769. The summed E-state index contributed by atoms with van der Waals surface area (Å²) in [4.78, 5) is 15.0. The molecule has 2 unspecified atom stereocenters. The largest absolute Gasteiger partial charge is 0.381 e. The lowest BCUT2D eigenvalue weighted by Crippen LogP contribution is -2.53. The molecule has 0 amide bonds. The summed E-state index contributed by atoms with van der Waals surface area (Å²) in [6.45, 7) is 3.03. The van der Waals surface area contributed by atoms with E-state index in [1.54, 1.807) is 0 Å². The molecule has 0 bridgehead atoms. The third-order valence-corrected chi connectivity index (χ3v) is 5.32. The van der Waals surface area contributed by atoms with Crippen LogP contribution in [0, 0.1) is 5.92 Å². The zero-order valence-corrected chi connectivity index (χ0v) is 12.0. The van der Waals surface area contributed by atoms with E-state index in [-0.39, 0.29) is 0 Å². The minimum atomic E-state index is 0.344. The average molecular weight is 265 g/mol. The van der Waals surface area contributed by atoms with Crippen molar-refractivity contribution in [3.63, 3.8) is 0 Å². The highest BCUT2D eigenvalue weighted by Gasteiger charge is 2.38. The number of carbonyl (C=O) groups is 1. The van der Waals surface area contributed by atoms with Crippen LogP contribution in [0.25, 0.3) is 0 Å². The normalized spacial score (nSPS) is 35.5. The van der Waals surface area contributed by atoms with Gasteiger partial charge in [0.15, 0.2) is 0 Å². The lowest BCUT2D eigenvalue weighted by atomic mass is 9.78. The van der Waals surface area contributed by atoms with Crippen LogP contribution in [0.4, 0.5) is 0 Å². The molecule has 1 saturated carbocycles. The summed E-state index contributed by atoms with van der Waals surface area (Å²) in [7, 11) is 0. The molecule has 108 valence electrons. The summed E-state index contributed by atoms with van der Waals surface area (Å²) < 4.78 is 5.50. The molecule has 0 spiro atoms. The third kappa shape index (κ3) is 3.03. The predicted octanol–water partition coefficient (Wildman–Crippen LogP) is 2.78. The summed E-state index contributed by atoms with van der Waals surface area (Å²) in [5.74, 6) is 0.895. The number of ketones is 1. The van der Waals surface area contributed by atoms with Crippen LogP contribution < -0.4 is 0 Å². The minimum absolute atomic E-state index is 0.344. The molecular formula is C16H27NO2.